The zero-order valence-electron chi connectivity index (χ0n) is 18.4. The first-order valence-electron chi connectivity index (χ1n) is 11.3. The Bertz CT molecular complexity index is 1740. The molecule has 7 rings (SSSR count). The van der Waals surface area contributed by atoms with Crippen LogP contribution in [0.2, 0.25) is 0 Å². The quantitative estimate of drug-likeness (QED) is 0.191. The summed E-state index contributed by atoms with van der Waals surface area (Å²) in [6, 6.07) is 33.0. The molecule has 0 saturated carbocycles. The highest BCUT2D eigenvalue weighted by atomic mass is 127. The van der Waals surface area contributed by atoms with E-state index in [2.05, 4.69) is 127 Å². The summed E-state index contributed by atoms with van der Waals surface area (Å²) in [7, 11) is 0. The van der Waals surface area contributed by atoms with Crippen molar-refractivity contribution in [1.29, 1.82) is 0 Å². The lowest BCUT2D eigenvalue weighted by molar-refractivity contribution is 0.620. The molecule has 0 aliphatic heterocycles. The van der Waals surface area contributed by atoms with Crippen LogP contribution in [0.4, 0.5) is 0 Å². The first kappa shape index (κ1) is 19.4. The fraction of sp³-hybridized carbons (Fsp3) is 0.0968. The number of benzene rings is 5. The molecule has 1 aliphatic rings. The summed E-state index contributed by atoms with van der Waals surface area (Å²) in [6.07, 6.45) is 0. The summed E-state index contributed by atoms with van der Waals surface area (Å²) >= 11 is 2.36. The predicted molar refractivity (Wildman–Crippen MR) is 147 cm³/mol. The maximum absolute atomic E-state index is 6.75. The molecule has 158 valence electrons. The van der Waals surface area contributed by atoms with Crippen molar-refractivity contribution in [2.24, 2.45) is 0 Å². The third kappa shape index (κ3) is 2.59. The van der Waals surface area contributed by atoms with Crippen LogP contribution in [0.5, 0.6) is 0 Å². The number of rotatable bonds is 1. The highest BCUT2D eigenvalue weighted by molar-refractivity contribution is 14.1. The van der Waals surface area contributed by atoms with Gasteiger partial charge in [0.15, 0.2) is 0 Å². The summed E-state index contributed by atoms with van der Waals surface area (Å²) in [6.45, 7) is 4.64. The molecular weight excluding hydrogens is 515 g/mol. The molecular formula is C31H21IO. The molecule has 0 atom stereocenters. The minimum atomic E-state index is -0.103. The van der Waals surface area contributed by atoms with Gasteiger partial charge in [-0.05, 0) is 85.4 Å². The highest BCUT2D eigenvalue weighted by Gasteiger charge is 2.38. The Kier molecular flexibility index (Phi) is 3.94. The molecule has 0 saturated heterocycles. The molecule has 2 heteroatoms. The monoisotopic (exact) mass is 536 g/mol. The fourth-order valence-electron chi connectivity index (χ4n) is 5.81. The zero-order chi connectivity index (χ0) is 22.3. The molecule has 5 aromatic carbocycles. The molecule has 0 fully saturated rings. The minimum absolute atomic E-state index is 0.103. The summed E-state index contributed by atoms with van der Waals surface area (Å²) in [4.78, 5) is 0. The predicted octanol–water partition coefficient (Wildman–Crippen LogP) is 9.32. The summed E-state index contributed by atoms with van der Waals surface area (Å²) < 4.78 is 7.99. The Labute approximate surface area is 206 Å². The van der Waals surface area contributed by atoms with Crippen molar-refractivity contribution in [2.75, 3.05) is 0 Å². The minimum Gasteiger partial charge on any atom is -0.456 e. The van der Waals surface area contributed by atoms with E-state index >= 15 is 0 Å². The van der Waals surface area contributed by atoms with Gasteiger partial charge < -0.3 is 4.42 Å². The molecule has 0 amide bonds. The highest BCUT2D eigenvalue weighted by Crippen LogP contribution is 2.53. The van der Waals surface area contributed by atoms with Gasteiger partial charge in [0.1, 0.15) is 11.2 Å². The largest absolute Gasteiger partial charge is 0.456 e. The van der Waals surface area contributed by atoms with Crippen molar-refractivity contribution in [3.63, 3.8) is 0 Å². The van der Waals surface area contributed by atoms with E-state index in [0.717, 1.165) is 11.2 Å². The van der Waals surface area contributed by atoms with Crippen molar-refractivity contribution < 1.29 is 4.42 Å². The lowest BCUT2D eigenvalue weighted by atomic mass is 9.81. The zero-order valence-corrected chi connectivity index (χ0v) is 20.6. The molecule has 0 spiro atoms. The van der Waals surface area contributed by atoms with Crippen LogP contribution in [-0.2, 0) is 5.41 Å². The molecule has 0 N–H and O–H groups in total. The van der Waals surface area contributed by atoms with Gasteiger partial charge in [0, 0.05) is 25.3 Å². The van der Waals surface area contributed by atoms with Gasteiger partial charge >= 0.3 is 0 Å². The van der Waals surface area contributed by atoms with Gasteiger partial charge in [0.05, 0.1) is 0 Å². The molecule has 0 radical (unpaired) electrons. The second kappa shape index (κ2) is 6.71. The van der Waals surface area contributed by atoms with Gasteiger partial charge in [-0.1, -0.05) is 80.6 Å². The van der Waals surface area contributed by atoms with Gasteiger partial charge in [0.25, 0.3) is 0 Å². The molecule has 0 bridgehead atoms. The number of fused-ring (bicyclic) bond motifs is 9. The standard InChI is InChI=1S/C31H21IO/c1-31(2)26-10-6-5-8-21(26)23-15-16-24-28-22-9-4-3-7-20(22)25(18-11-13-19(32)14-12-18)17-27(28)33-30(24)29(23)31/h3-17H,1-2H3. The number of hydrogen-bond acceptors (Lipinski definition) is 1. The van der Waals surface area contributed by atoms with Crippen LogP contribution >= 0.6 is 22.6 Å². The fourth-order valence-corrected chi connectivity index (χ4v) is 6.17. The normalized spacial score (nSPS) is 14.2. The van der Waals surface area contributed by atoms with Crippen molar-refractivity contribution in [1.82, 2.24) is 0 Å². The third-order valence-electron chi connectivity index (χ3n) is 7.32. The third-order valence-corrected chi connectivity index (χ3v) is 8.04. The molecule has 1 heterocycles. The molecule has 33 heavy (non-hydrogen) atoms. The lowest BCUT2D eigenvalue weighted by Crippen LogP contribution is -2.15. The van der Waals surface area contributed by atoms with Crippen molar-refractivity contribution >= 4 is 55.3 Å². The second-order valence-electron chi connectivity index (χ2n) is 9.49. The summed E-state index contributed by atoms with van der Waals surface area (Å²) in [5, 5.41) is 4.92. The van der Waals surface area contributed by atoms with Crippen LogP contribution in [0.25, 0.3) is 55.0 Å². The van der Waals surface area contributed by atoms with Crippen LogP contribution < -0.4 is 0 Å². The van der Waals surface area contributed by atoms with Gasteiger partial charge in [-0.2, -0.15) is 0 Å². The van der Waals surface area contributed by atoms with E-state index in [0.29, 0.717) is 0 Å². The number of hydrogen-bond donors (Lipinski definition) is 0. The van der Waals surface area contributed by atoms with Gasteiger partial charge in [0.2, 0.25) is 0 Å². The van der Waals surface area contributed by atoms with E-state index in [4.69, 9.17) is 4.42 Å². The van der Waals surface area contributed by atoms with Crippen LogP contribution in [0.3, 0.4) is 0 Å². The van der Waals surface area contributed by atoms with Crippen molar-refractivity contribution in [2.45, 2.75) is 19.3 Å². The van der Waals surface area contributed by atoms with E-state index < -0.39 is 0 Å². The van der Waals surface area contributed by atoms with Crippen LogP contribution in [0, 0.1) is 3.57 Å². The molecule has 6 aromatic rings. The van der Waals surface area contributed by atoms with Crippen LogP contribution in [0.15, 0.2) is 95.4 Å². The summed E-state index contributed by atoms with van der Waals surface area (Å²) in [5.74, 6) is 0. The Hall–Kier alpha value is -3.11. The SMILES string of the molecule is CC1(C)c2ccccc2-c2ccc3c(oc4cc(-c5ccc(I)cc5)c5ccccc5c43)c21. The van der Waals surface area contributed by atoms with Gasteiger partial charge in [-0.3, -0.25) is 0 Å². The average molecular weight is 536 g/mol. The summed E-state index contributed by atoms with van der Waals surface area (Å²) in [5.41, 5.74) is 9.60. The number of furan rings is 1. The molecule has 1 aliphatic carbocycles. The molecule has 1 aromatic heterocycles. The van der Waals surface area contributed by atoms with Crippen LogP contribution in [-0.4, -0.2) is 0 Å². The maximum atomic E-state index is 6.75. The smallest absolute Gasteiger partial charge is 0.140 e. The van der Waals surface area contributed by atoms with Gasteiger partial charge in [-0.15, -0.1) is 0 Å². The van der Waals surface area contributed by atoms with E-state index in [9.17, 15) is 0 Å². The molecule has 1 nitrogen and oxygen atoms in total. The Morgan fingerprint density at radius 2 is 1.39 bits per heavy atom. The van der Waals surface area contributed by atoms with Gasteiger partial charge in [-0.25, -0.2) is 0 Å². The molecule has 0 unspecified atom stereocenters. The topological polar surface area (TPSA) is 13.1 Å². The second-order valence-corrected chi connectivity index (χ2v) is 10.7. The maximum Gasteiger partial charge on any atom is 0.140 e. The van der Waals surface area contributed by atoms with E-state index in [1.54, 1.807) is 0 Å². The van der Waals surface area contributed by atoms with E-state index in [-0.39, 0.29) is 5.41 Å². The van der Waals surface area contributed by atoms with E-state index in [1.807, 2.05) is 0 Å². The average Bonchev–Trinajstić information content (AvgIpc) is 3.32. The Balaban J connectivity index is 1.62. The van der Waals surface area contributed by atoms with Crippen molar-refractivity contribution in [3.8, 4) is 22.3 Å². The first-order chi connectivity index (χ1) is 16.0. The number of halogens is 1. The van der Waals surface area contributed by atoms with Crippen LogP contribution in [0.1, 0.15) is 25.0 Å². The Morgan fingerprint density at radius 3 is 2.21 bits per heavy atom. The lowest BCUT2D eigenvalue weighted by Gasteiger charge is -2.21. The van der Waals surface area contributed by atoms with Crippen molar-refractivity contribution in [3.05, 3.63) is 106 Å². The Morgan fingerprint density at radius 1 is 0.667 bits per heavy atom. The first-order valence-corrected chi connectivity index (χ1v) is 12.4. The van der Waals surface area contributed by atoms with E-state index in [1.165, 1.54) is 58.5 Å².